The van der Waals surface area contributed by atoms with E-state index in [9.17, 15) is 0 Å². The van der Waals surface area contributed by atoms with Crippen LogP contribution in [0.3, 0.4) is 0 Å². The van der Waals surface area contributed by atoms with Crippen LogP contribution in [-0.4, -0.2) is 0 Å². The van der Waals surface area contributed by atoms with Gasteiger partial charge in [0.2, 0.25) is 0 Å². The maximum atomic E-state index is 8.55. The molecule has 0 saturated carbocycles. The van der Waals surface area contributed by atoms with Crippen LogP contribution in [0.25, 0.3) is 22.3 Å². The van der Waals surface area contributed by atoms with Crippen LogP contribution in [0.2, 0.25) is 0 Å². The fourth-order valence-electron chi connectivity index (χ4n) is 1.45. The molecule has 3 rings (SSSR count). The highest BCUT2D eigenvalue weighted by Gasteiger charge is 2.00. The summed E-state index contributed by atoms with van der Waals surface area (Å²) in [5.74, 6) is 0. The van der Waals surface area contributed by atoms with Crippen LogP contribution >= 0.6 is 0 Å². The van der Waals surface area contributed by atoms with E-state index < -0.39 is 60.4 Å². The van der Waals surface area contributed by atoms with Gasteiger partial charge in [0, 0.05) is 0 Å². The van der Waals surface area contributed by atoms with Gasteiger partial charge in [-0.1, -0.05) is 78.6 Å². The third-order valence-corrected chi connectivity index (χ3v) is 2.25. The van der Waals surface area contributed by atoms with Gasteiger partial charge in [0.05, 0.1) is 16.4 Å². The molecule has 3 aromatic carbocycles. The van der Waals surface area contributed by atoms with Crippen molar-refractivity contribution in [3.8, 4) is 22.3 Å². The molecule has 0 aliphatic heterocycles. The molecule has 3 aromatic rings. The van der Waals surface area contributed by atoms with Gasteiger partial charge in [0.1, 0.15) is 0 Å². The lowest BCUT2D eigenvalue weighted by atomic mass is 9.99. The molecule has 0 spiro atoms. The third kappa shape index (κ3) is 2.18. The van der Waals surface area contributed by atoms with Gasteiger partial charge in [0.25, 0.3) is 0 Å². The van der Waals surface area contributed by atoms with E-state index in [0.29, 0.717) is 0 Å². The summed E-state index contributed by atoms with van der Waals surface area (Å²) in [5, 5.41) is 0. The fraction of sp³-hybridized carbons (Fsp3) is 0. The maximum Gasteiger partial charge on any atom is 0.0636 e. The van der Waals surface area contributed by atoms with Crippen LogP contribution in [0.15, 0.2) is 84.6 Å². The molecule has 86 valence electrons. The number of hydrogen-bond donors (Lipinski definition) is 0. The van der Waals surface area contributed by atoms with Crippen molar-refractivity contribution in [2.45, 2.75) is 0 Å². The zero-order chi connectivity index (χ0) is 22.7. The number of rotatable bonds is 2. The Hall–Kier alpha value is -2.34. The van der Waals surface area contributed by atoms with Gasteiger partial charge in [-0.05, 0) is 28.3 Å². The molecule has 0 bridgehead atoms. The predicted molar refractivity (Wildman–Crippen MR) is 77.3 cm³/mol. The van der Waals surface area contributed by atoms with Gasteiger partial charge in [0.15, 0.2) is 0 Å². The Labute approximate surface area is 124 Å². The van der Waals surface area contributed by atoms with Crippen molar-refractivity contribution in [1.29, 1.82) is 0 Å². The molecule has 0 aliphatic carbocycles. The molecule has 0 heteroatoms. The van der Waals surface area contributed by atoms with Crippen molar-refractivity contribution < 1.29 is 16.4 Å². The highest BCUT2D eigenvalue weighted by molar-refractivity contribution is 5.72. The minimum Gasteiger partial charge on any atom is -0.0622 e. The molecule has 0 unspecified atom stereocenters. The van der Waals surface area contributed by atoms with E-state index >= 15 is 0 Å². The molecule has 0 radical (unpaired) electrons. The van der Waals surface area contributed by atoms with Crippen LogP contribution in [0.1, 0.15) is 16.4 Å². The Morgan fingerprint density at radius 3 is 1.94 bits per heavy atom. The lowest BCUT2D eigenvalue weighted by Gasteiger charge is -2.05. The Morgan fingerprint density at radius 1 is 0.556 bits per heavy atom. The van der Waals surface area contributed by atoms with Crippen LogP contribution in [0.5, 0.6) is 0 Å². The topological polar surface area (TPSA) is 0 Å². The second kappa shape index (κ2) is 4.89. The van der Waals surface area contributed by atoms with E-state index in [-0.39, 0.29) is 34.3 Å². The first-order chi connectivity index (χ1) is 13.9. The van der Waals surface area contributed by atoms with Crippen molar-refractivity contribution in [3.05, 3.63) is 84.6 Å². The molecule has 0 amide bonds. The Morgan fingerprint density at radius 2 is 1.17 bits per heavy atom. The smallest absolute Gasteiger partial charge is 0.0622 e. The van der Waals surface area contributed by atoms with Gasteiger partial charge in [-0.25, -0.2) is 0 Å². The molecular weight excluding hydrogens is 216 g/mol. The van der Waals surface area contributed by atoms with Gasteiger partial charge >= 0.3 is 0 Å². The molecular formula is C18H14. The van der Waals surface area contributed by atoms with Gasteiger partial charge in [-0.2, -0.15) is 0 Å². The highest BCUT2D eigenvalue weighted by Crippen LogP contribution is 2.25. The van der Waals surface area contributed by atoms with E-state index in [0.717, 1.165) is 12.1 Å². The monoisotopic (exact) mass is 242 g/mol. The first-order valence-corrected chi connectivity index (χ1v) is 5.15. The first-order valence-electron chi connectivity index (χ1n) is 11.2. The average Bonchev–Trinajstić information content (AvgIpc) is 2.69. The zero-order valence-electron chi connectivity index (χ0n) is 21.2. The van der Waals surface area contributed by atoms with Gasteiger partial charge in [-0.3, -0.25) is 0 Å². The molecule has 0 aromatic heterocycles. The first kappa shape index (κ1) is 3.83. The maximum absolute atomic E-state index is 8.55. The number of benzene rings is 3. The van der Waals surface area contributed by atoms with Crippen molar-refractivity contribution >= 4 is 0 Å². The van der Waals surface area contributed by atoms with E-state index in [1.807, 2.05) is 0 Å². The van der Waals surface area contributed by atoms with Crippen LogP contribution < -0.4 is 0 Å². The van der Waals surface area contributed by atoms with E-state index in [1.54, 1.807) is 0 Å². The predicted octanol–water partition coefficient (Wildman–Crippen LogP) is 5.02. The third-order valence-electron chi connectivity index (χ3n) is 2.25. The van der Waals surface area contributed by atoms with E-state index in [1.165, 1.54) is 0 Å². The highest BCUT2D eigenvalue weighted by atomic mass is 14.0. The van der Waals surface area contributed by atoms with E-state index in [2.05, 4.69) is 0 Å². The Kier molecular flexibility index (Phi) is 1.04. The molecule has 0 heterocycles. The zero-order valence-corrected chi connectivity index (χ0v) is 9.15. The molecule has 0 aliphatic rings. The SMILES string of the molecule is [2H]c1cc(-c2c([2H])cc([2H])c(-c3c([2H])c([2H])c([2H])c([2H])c3[2H])c2[2H])c([2H])c([2H])c1[2H]. The van der Waals surface area contributed by atoms with Crippen molar-refractivity contribution in [2.24, 2.45) is 0 Å². The summed E-state index contributed by atoms with van der Waals surface area (Å²) in [7, 11) is 0. The van der Waals surface area contributed by atoms with Crippen molar-refractivity contribution in [2.75, 3.05) is 0 Å². The molecule has 0 fully saturated rings. The lowest BCUT2D eigenvalue weighted by Crippen LogP contribution is -1.80. The molecule has 0 atom stereocenters. The summed E-state index contributed by atoms with van der Waals surface area (Å²) < 4.78 is 96.0. The lowest BCUT2D eigenvalue weighted by molar-refractivity contribution is 1.59. The fourth-order valence-corrected chi connectivity index (χ4v) is 1.45. The van der Waals surface area contributed by atoms with Gasteiger partial charge < -0.3 is 0 Å². The largest absolute Gasteiger partial charge is 0.0636 e. The van der Waals surface area contributed by atoms with Gasteiger partial charge in [-0.15, -0.1) is 0 Å². The minimum atomic E-state index is -0.636. The van der Waals surface area contributed by atoms with Crippen LogP contribution in [-0.2, 0) is 0 Å². The average molecular weight is 242 g/mol. The van der Waals surface area contributed by atoms with Crippen molar-refractivity contribution in [3.63, 3.8) is 0 Å². The second-order valence-electron chi connectivity index (χ2n) is 3.39. The molecule has 0 nitrogen and oxygen atoms in total. The molecule has 18 heavy (non-hydrogen) atoms. The van der Waals surface area contributed by atoms with Crippen LogP contribution in [0, 0.1) is 0 Å². The summed E-state index contributed by atoms with van der Waals surface area (Å²) in [6, 6.07) is -4.23. The summed E-state index contributed by atoms with van der Waals surface area (Å²) >= 11 is 0. The standard InChI is InChI=1S/C18H14/c1-3-8-15(9-4-1)17-12-7-13-18(14-17)16-10-5-2-6-11-16/h1-14H/i1D,2D,3D,4D,5D,6D,8D,9D,10D,12D,13D,14D. The molecule has 0 N–H and O–H groups in total. The molecule has 0 saturated heterocycles. The van der Waals surface area contributed by atoms with Crippen molar-refractivity contribution in [1.82, 2.24) is 0 Å². The minimum absolute atomic E-state index is 0.149. The summed E-state index contributed by atoms with van der Waals surface area (Å²) in [6.07, 6.45) is 0. The number of hydrogen-bond acceptors (Lipinski definition) is 0. The Balaban J connectivity index is 2.48. The normalized spacial score (nSPS) is 19.6. The summed E-state index contributed by atoms with van der Waals surface area (Å²) in [4.78, 5) is 0. The quantitative estimate of drug-likeness (QED) is 0.592. The summed E-state index contributed by atoms with van der Waals surface area (Å²) in [5.41, 5.74) is -1.06. The Bertz CT molecular complexity index is 1190. The van der Waals surface area contributed by atoms with Crippen LogP contribution in [0.4, 0.5) is 0 Å². The van der Waals surface area contributed by atoms with E-state index in [4.69, 9.17) is 16.4 Å². The second-order valence-corrected chi connectivity index (χ2v) is 3.39. The summed E-state index contributed by atoms with van der Waals surface area (Å²) in [6.45, 7) is 0.